The Labute approximate surface area is 119 Å². The molecule has 2 aromatic rings. The third-order valence-corrected chi connectivity index (χ3v) is 4.01. The number of nitrogens with one attached hydrogen (secondary N) is 1. The number of amides is 1. The lowest BCUT2D eigenvalue weighted by atomic mass is 10.2. The van der Waals surface area contributed by atoms with Gasteiger partial charge in [-0.15, -0.1) is 22.0 Å². The molecule has 0 unspecified atom stereocenters. The van der Waals surface area contributed by atoms with Crippen LogP contribution in [0.1, 0.15) is 10.6 Å². The number of nitrogen functional groups attached to an aromatic ring is 1. The van der Waals surface area contributed by atoms with Crippen molar-refractivity contribution in [3.05, 3.63) is 34.8 Å². The van der Waals surface area contributed by atoms with E-state index < -0.39 is 0 Å². The van der Waals surface area contributed by atoms with Crippen molar-refractivity contribution in [1.82, 2.24) is 10.2 Å². The van der Waals surface area contributed by atoms with Gasteiger partial charge in [-0.3, -0.25) is 10.1 Å². The number of nitrogens with two attached hydrogens (primary N) is 1. The summed E-state index contributed by atoms with van der Waals surface area (Å²) in [5.74, 6) is 1.11. The Morgan fingerprint density at radius 3 is 2.74 bits per heavy atom. The van der Waals surface area contributed by atoms with E-state index in [1.807, 2.05) is 31.2 Å². The second-order valence-corrected chi connectivity index (χ2v) is 6.08. The Balaban J connectivity index is 1.73. The first-order valence-electron chi connectivity index (χ1n) is 5.65. The van der Waals surface area contributed by atoms with Gasteiger partial charge in [0.2, 0.25) is 11.0 Å². The maximum Gasteiger partial charge on any atom is 0.236 e. The SMILES string of the molecule is Cc1nnc(NC(=O)CSCc2ccc(N)cc2)s1. The Morgan fingerprint density at radius 2 is 2.11 bits per heavy atom. The zero-order valence-electron chi connectivity index (χ0n) is 10.4. The molecule has 0 saturated heterocycles. The number of anilines is 2. The average molecular weight is 294 g/mol. The van der Waals surface area contributed by atoms with Gasteiger partial charge in [-0.1, -0.05) is 23.5 Å². The molecule has 7 heteroatoms. The van der Waals surface area contributed by atoms with Gasteiger partial charge in [0.1, 0.15) is 5.01 Å². The number of thioether (sulfide) groups is 1. The van der Waals surface area contributed by atoms with E-state index in [2.05, 4.69) is 15.5 Å². The monoisotopic (exact) mass is 294 g/mol. The van der Waals surface area contributed by atoms with Crippen molar-refractivity contribution < 1.29 is 4.79 Å². The molecule has 0 radical (unpaired) electrons. The standard InChI is InChI=1S/C12H14N4OS2/c1-8-15-16-12(19-8)14-11(17)7-18-6-9-2-4-10(13)5-3-9/h2-5H,6-7,13H2,1H3,(H,14,16,17). The molecule has 0 atom stereocenters. The van der Waals surface area contributed by atoms with Gasteiger partial charge >= 0.3 is 0 Å². The normalized spacial score (nSPS) is 10.4. The highest BCUT2D eigenvalue weighted by Gasteiger charge is 2.06. The number of hydrogen-bond donors (Lipinski definition) is 2. The summed E-state index contributed by atoms with van der Waals surface area (Å²) < 4.78 is 0. The van der Waals surface area contributed by atoms with Gasteiger partial charge in [-0.2, -0.15) is 0 Å². The minimum Gasteiger partial charge on any atom is -0.399 e. The van der Waals surface area contributed by atoms with Gasteiger partial charge in [-0.05, 0) is 24.6 Å². The summed E-state index contributed by atoms with van der Waals surface area (Å²) >= 11 is 2.92. The molecular formula is C12H14N4OS2. The third kappa shape index (κ3) is 4.53. The fourth-order valence-electron chi connectivity index (χ4n) is 1.38. The number of hydrogen-bond acceptors (Lipinski definition) is 6. The number of carbonyl (C=O) groups is 1. The van der Waals surface area contributed by atoms with Crippen molar-refractivity contribution in [2.24, 2.45) is 0 Å². The molecular weight excluding hydrogens is 280 g/mol. The van der Waals surface area contributed by atoms with E-state index in [1.165, 1.54) is 11.3 Å². The summed E-state index contributed by atoms with van der Waals surface area (Å²) in [5, 5.41) is 11.8. The summed E-state index contributed by atoms with van der Waals surface area (Å²) in [5.41, 5.74) is 7.51. The number of benzene rings is 1. The van der Waals surface area contributed by atoms with Crippen LogP contribution in [0.5, 0.6) is 0 Å². The molecule has 1 amide bonds. The topological polar surface area (TPSA) is 80.9 Å². The van der Waals surface area contributed by atoms with Crippen molar-refractivity contribution in [3.63, 3.8) is 0 Å². The maximum absolute atomic E-state index is 11.7. The highest BCUT2D eigenvalue weighted by Crippen LogP contribution is 2.16. The average Bonchev–Trinajstić information content (AvgIpc) is 2.77. The zero-order chi connectivity index (χ0) is 13.7. The van der Waals surface area contributed by atoms with Gasteiger partial charge in [0, 0.05) is 11.4 Å². The van der Waals surface area contributed by atoms with E-state index in [4.69, 9.17) is 5.73 Å². The van der Waals surface area contributed by atoms with Crippen molar-refractivity contribution in [2.45, 2.75) is 12.7 Å². The molecule has 0 spiro atoms. The Hall–Kier alpha value is -1.60. The lowest BCUT2D eigenvalue weighted by Crippen LogP contribution is -2.13. The maximum atomic E-state index is 11.7. The molecule has 0 aliphatic carbocycles. The summed E-state index contributed by atoms with van der Waals surface area (Å²) in [4.78, 5) is 11.7. The Bertz CT molecular complexity index is 553. The molecule has 0 aliphatic rings. The molecule has 19 heavy (non-hydrogen) atoms. The molecule has 1 heterocycles. The first-order chi connectivity index (χ1) is 9.13. The number of carbonyl (C=O) groups excluding carboxylic acids is 1. The van der Waals surface area contributed by atoms with Crippen LogP contribution in [0.3, 0.4) is 0 Å². The summed E-state index contributed by atoms with van der Waals surface area (Å²) in [6.07, 6.45) is 0. The van der Waals surface area contributed by atoms with E-state index in [0.29, 0.717) is 10.9 Å². The van der Waals surface area contributed by atoms with Crippen LogP contribution in [0.15, 0.2) is 24.3 Å². The van der Waals surface area contributed by atoms with Crippen LogP contribution in [0.25, 0.3) is 0 Å². The first-order valence-corrected chi connectivity index (χ1v) is 7.63. The van der Waals surface area contributed by atoms with Crippen LogP contribution in [0.4, 0.5) is 10.8 Å². The molecule has 3 N–H and O–H groups in total. The van der Waals surface area contributed by atoms with Crippen LogP contribution in [-0.4, -0.2) is 21.9 Å². The second kappa shape index (κ2) is 6.53. The summed E-state index contributed by atoms with van der Waals surface area (Å²) in [6, 6.07) is 7.66. The van der Waals surface area contributed by atoms with Gasteiger partial charge in [0.25, 0.3) is 0 Å². The van der Waals surface area contributed by atoms with Crippen molar-refractivity contribution in [3.8, 4) is 0 Å². The fraction of sp³-hybridized carbons (Fsp3) is 0.250. The molecule has 2 rings (SSSR count). The van der Waals surface area contributed by atoms with E-state index >= 15 is 0 Å². The van der Waals surface area contributed by atoms with Gasteiger partial charge in [0.15, 0.2) is 0 Å². The summed E-state index contributed by atoms with van der Waals surface area (Å²) in [7, 11) is 0. The second-order valence-electron chi connectivity index (χ2n) is 3.91. The molecule has 0 bridgehead atoms. The van der Waals surface area contributed by atoms with E-state index in [-0.39, 0.29) is 5.91 Å². The van der Waals surface area contributed by atoms with Crippen LogP contribution in [0, 0.1) is 6.92 Å². The highest BCUT2D eigenvalue weighted by molar-refractivity contribution is 7.99. The van der Waals surface area contributed by atoms with Crippen LogP contribution in [0.2, 0.25) is 0 Å². The van der Waals surface area contributed by atoms with Crippen molar-refractivity contribution in [2.75, 3.05) is 16.8 Å². The Kier molecular flexibility index (Phi) is 4.75. The lowest BCUT2D eigenvalue weighted by molar-refractivity contribution is -0.113. The number of nitrogens with zero attached hydrogens (tertiary/aromatic N) is 2. The van der Waals surface area contributed by atoms with Gasteiger partial charge in [-0.25, -0.2) is 0 Å². The Morgan fingerprint density at radius 1 is 1.37 bits per heavy atom. The fourth-order valence-corrected chi connectivity index (χ4v) is 2.77. The molecule has 0 aliphatic heterocycles. The van der Waals surface area contributed by atoms with Crippen LogP contribution in [-0.2, 0) is 10.5 Å². The van der Waals surface area contributed by atoms with Crippen LogP contribution >= 0.6 is 23.1 Å². The summed E-state index contributed by atoms with van der Waals surface area (Å²) in [6.45, 7) is 1.85. The first kappa shape index (κ1) is 13.8. The largest absolute Gasteiger partial charge is 0.399 e. The van der Waals surface area contributed by atoms with Gasteiger partial charge < -0.3 is 5.73 Å². The van der Waals surface area contributed by atoms with E-state index in [0.717, 1.165) is 22.0 Å². The number of aryl methyl sites for hydroxylation is 1. The number of rotatable bonds is 5. The number of aromatic nitrogens is 2. The minimum absolute atomic E-state index is 0.0587. The van der Waals surface area contributed by atoms with E-state index in [1.54, 1.807) is 11.8 Å². The van der Waals surface area contributed by atoms with Crippen LogP contribution < -0.4 is 11.1 Å². The predicted octanol–water partition coefficient (Wildman–Crippen LogP) is 2.30. The zero-order valence-corrected chi connectivity index (χ0v) is 12.1. The highest BCUT2D eigenvalue weighted by atomic mass is 32.2. The molecule has 1 aromatic heterocycles. The molecule has 5 nitrogen and oxygen atoms in total. The smallest absolute Gasteiger partial charge is 0.236 e. The third-order valence-electron chi connectivity index (χ3n) is 2.25. The minimum atomic E-state index is -0.0587. The lowest BCUT2D eigenvalue weighted by Gasteiger charge is -2.02. The molecule has 0 fully saturated rings. The molecule has 100 valence electrons. The van der Waals surface area contributed by atoms with Crippen molar-refractivity contribution in [1.29, 1.82) is 0 Å². The van der Waals surface area contributed by atoms with E-state index in [9.17, 15) is 4.79 Å². The molecule has 1 aromatic carbocycles. The quantitative estimate of drug-likeness (QED) is 0.827. The molecule has 0 saturated carbocycles. The van der Waals surface area contributed by atoms with Crippen molar-refractivity contribution >= 4 is 39.8 Å². The van der Waals surface area contributed by atoms with Gasteiger partial charge in [0.05, 0.1) is 5.75 Å². The predicted molar refractivity (Wildman–Crippen MR) is 80.3 cm³/mol.